The minimum Gasteiger partial charge on any atom is -0.478 e. The van der Waals surface area contributed by atoms with Gasteiger partial charge in [-0.05, 0) is 50.2 Å². The van der Waals surface area contributed by atoms with E-state index in [2.05, 4.69) is 0 Å². The highest BCUT2D eigenvalue weighted by molar-refractivity contribution is 6.10. The van der Waals surface area contributed by atoms with Crippen LogP contribution in [0.25, 0.3) is 0 Å². The van der Waals surface area contributed by atoms with E-state index in [1.54, 1.807) is 18.2 Å². The Hall–Kier alpha value is -2.69. The standard InChI is InChI=1S/C17H15FO4/c1-17(2,16(20)21)22-14-6-4-3-5-13(14)15(19)11-7-9-12(18)10-8-11/h3-10H,1-2H3,(H,20,21). The van der Waals surface area contributed by atoms with Crippen molar-refractivity contribution in [2.75, 3.05) is 0 Å². The Morgan fingerprint density at radius 2 is 1.64 bits per heavy atom. The molecule has 0 saturated carbocycles. The molecule has 2 aromatic carbocycles. The van der Waals surface area contributed by atoms with Crippen LogP contribution in [0, 0.1) is 5.82 Å². The van der Waals surface area contributed by atoms with Crippen molar-refractivity contribution in [3.05, 3.63) is 65.5 Å². The van der Waals surface area contributed by atoms with Crippen LogP contribution >= 0.6 is 0 Å². The number of hydrogen-bond donors (Lipinski definition) is 1. The zero-order valence-corrected chi connectivity index (χ0v) is 12.2. The lowest BCUT2D eigenvalue weighted by Gasteiger charge is -2.23. The molecule has 0 radical (unpaired) electrons. The molecule has 2 rings (SSSR count). The molecule has 0 fully saturated rings. The summed E-state index contributed by atoms with van der Waals surface area (Å²) in [6.45, 7) is 2.79. The van der Waals surface area contributed by atoms with E-state index in [4.69, 9.17) is 9.84 Å². The molecule has 5 heteroatoms. The number of carbonyl (C=O) groups excluding carboxylic acids is 1. The van der Waals surface area contributed by atoms with Crippen LogP contribution < -0.4 is 4.74 Å². The first kappa shape index (κ1) is 15.7. The number of carboxylic acid groups (broad SMARTS) is 1. The van der Waals surface area contributed by atoms with Gasteiger partial charge in [0.15, 0.2) is 11.4 Å². The Morgan fingerprint density at radius 1 is 1.05 bits per heavy atom. The second kappa shape index (κ2) is 5.97. The lowest BCUT2D eigenvalue weighted by molar-refractivity contribution is -0.152. The summed E-state index contributed by atoms with van der Waals surface area (Å²) in [5.41, 5.74) is -0.951. The van der Waals surface area contributed by atoms with Crippen LogP contribution in [0.5, 0.6) is 5.75 Å². The van der Waals surface area contributed by atoms with Gasteiger partial charge in [-0.15, -0.1) is 0 Å². The maximum absolute atomic E-state index is 12.9. The third kappa shape index (κ3) is 3.31. The molecule has 2 aromatic rings. The second-order valence-corrected chi connectivity index (χ2v) is 5.25. The number of carbonyl (C=O) groups is 2. The van der Waals surface area contributed by atoms with Crippen LogP contribution in [0.4, 0.5) is 4.39 Å². The number of para-hydroxylation sites is 1. The topological polar surface area (TPSA) is 63.6 Å². The zero-order valence-electron chi connectivity index (χ0n) is 12.2. The molecule has 22 heavy (non-hydrogen) atoms. The SMILES string of the molecule is CC(C)(Oc1ccccc1C(=O)c1ccc(F)cc1)C(=O)O. The summed E-state index contributed by atoms with van der Waals surface area (Å²) in [7, 11) is 0. The number of halogens is 1. The number of aliphatic carboxylic acids is 1. The maximum atomic E-state index is 12.9. The fourth-order valence-corrected chi connectivity index (χ4v) is 1.82. The van der Waals surface area contributed by atoms with Gasteiger partial charge in [0.1, 0.15) is 11.6 Å². The van der Waals surface area contributed by atoms with E-state index < -0.39 is 17.4 Å². The summed E-state index contributed by atoms with van der Waals surface area (Å²) in [6, 6.07) is 11.5. The number of hydrogen-bond acceptors (Lipinski definition) is 3. The van der Waals surface area contributed by atoms with Gasteiger partial charge in [-0.25, -0.2) is 9.18 Å². The van der Waals surface area contributed by atoms with Gasteiger partial charge < -0.3 is 9.84 Å². The van der Waals surface area contributed by atoms with Gasteiger partial charge in [0.2, 0.25) is 0 Å². The van der Waals surface area contributed by atoms with E-state index in [1.807, 2.05) is 0 Å². The molecule has 114 valence electrons. The van der Waals surface area contributed by atoms with Crippen molar-refractivity contribution in [3.63, 3.8) is 0 Å². The molecule has 0 bridgehead atoms. The molecule has 0 aliphatic carbocycles. The molecule has 0 aliphatic rings. The number of ether oxygens (including phenoxy) is 1. The third-order valence-corrected chi connectivity index (χ3v) is 3.12. The van der Waals surface area contributed by atoms with E-state index in [1.165, 1.54) is 44.2 Å². The first-order valence-electron chi connectivity index (χ1n) is 6.63. The number of benzene rings is 2. The number of ketones is 1. The van der Waals surface area contributed by atoms with Gasteiger partial charge in [-0.3, -0.25) is 4.79 Å². The summed E-state index contributed by atoms with van der Waals surface area (Å²) in [5.74, 6) is -1.77. The van der Waals surface area contributed by atoms with Crippen LogP contribution in [0.1, 0.15) is 29.8 Å². The van der Waals surface area contributed by atoms with Gasteiger partial charge in [0.25, 0.3) is 0 Å². The molecular formula is C17H15FO4. The Labute approximate surface area is 127 Å². The van der Waals surface area contributed by atoms with E-state index in [-0.39, 0.29) is 17.1 Å². The van der Waals surface area contributed by atoms with Gasteiger partial charge in [0, 0.05) is 5.56 Å². The van der Waals surface area contributed by atoms with E-state index in [9.17, 15) is 14.0 Å². The number of carboxylic acids is 1. The molecule has 1 N–H and O–H groups in total. The maximum Gasteiger partial charge on any atom is 0.347 e. The minimum absolute atomic E-state index is 0.171. The summed E-state index contributed by atoms with van der Waals surface area (Å²) in [5, 5.41) is 9.13. The van der Waals surface area contributed by atoms with E-state index >= 15 is 0 Å². The fraction of sp³-hybridized carbons (Fsp3) is 0.176. The Balaban J connectivity index is 2.38. The number of rotatable bonds is 5. The molecule has 0 heterocycles. The molecule has 0 atom stereocenters. The molecule has 0 spiro atoms. The third-order valence-electron chi connectivity index (χ3n) is 3.12. The molecule has 0 aliphatic heterocycles. The summed E-state index contributed by atoms with van der Waals surface area (Å²) < 4.78 is 18.4. The van der Waals surface area contributed by atoms with Crippen molar-refractivity contribution in [2.24, 2.45) is 0 Å². The van der Waals surface area contributed by atoms with Crippen LogP contribution in [-0.2, 0) is 4.79 Å². The predicted molar refractivity (Wildman–Crippen MR) is 78.6 cm³/mol. The Morgan fingerprint density at radius 3 is 2.23 bits per heavy atom. The van der Waals surface area contributed by atoms with Crippen LogP contribution in [0.15, 0.2) is 48.5 Å². The summed E-state index contributed by atoms with van der Waals surface area (Å²) >= 11 is 0. The highest BCUT2D eigenvalue weighted by Gasteiger charge is 2.31. The average Bonchev–Trinajstić information content (AvgIpc) is 2.47. The van der Waals surface area contributed by atoms with Crippen molar-refractivity contribution in [3.8, 4) is 5.75 Å². The Bertz CT molecular complexity index is 705. The predicted octanol–water partition coefficient (Wildman–Crippen LogP) is 3.30. The van der Waals surface area contributed by atoms with Crippen LogP contribution in [-0.4, -0.2) is 22.5 Å². The van der Waals surface area contributed by atoms with Crippen molar-refractivity contribution >= 4 is 11.8 Å². The highest BCUT2D eigenvalue weighted by atomic mass is 19.1. The van der Waals surface area contributed by atoms with E-state index in [0.717, 1.165) is 0 Å². The average molecular weight is 302 g/mol. The molecule has 4 nitrogen and oxygen atoms in total. The van der Waals surface area contributed by atoms with Gasteiger partial charge in [0.05, 0.1) is 5.56 Å². The van der Waals surface area contributed by atoms with Crippen molar-refractivity contribution in [1.29, 1.82) is 0 Å². The molecule has 0 unspecified atom stereocenters. The largest absolute Gasteiger partial charge is 0.478 e. The van der Waals surface area contributed by atoms with Crippen molar-refractivity contribution in [2.45, 2.75) is 19.4 Å². The van der Waals surface area contributed by atoms with E-state index in [0.29, 0.717) is 5.56 Å². The zero-order chi connectivity index (χ0) is 16.3. The highest BCUT2D eigenvalue weighted by Crippen LogP contribution is 2.25. The summed E-state index contributed by atoms with van der Waals surface area (Å²) in [6.07, 6.45) is 0. The minimum atomic E-state index is -1.47. The lowest BCUT2D eigenvalue weighted by Crippen LogP contribution is -2.38. The normalized spacial score (nSPS) is 11.0. The lowest BCUT2D eigenvalue weighted by atomic mass is 10.0. The monoisotopic (exact) mass is 302 g/mol. The second-order valence-electron chi connectivity index (χ2n) is 5.25. The molecule has 0 aromatic heterocycles. The first-order chi connectivity index (χ1) is 10.3. The summed E-state index contributed by atoms with van der Waals surface area (Å²) in [4.78, 5) is 23.6. The fourth-order valence-electron chi connectivity index (χ4n) is 1.82. The van der Waals surface area contributed by atoms with Crippen molar-refractivity contribution in [1.82, 2.24) is 0 Å². The quantitative estimate of drug-likeness (QED) is 0.861. The van der Waals surface area contributed by atoms with Gasteiger partial charge >= 0.3 is 5.97 Å². The molecule has 0 saturated heterocycles. The van der Waals surface area contributed by atoms with Gasteiger partial charge in [-0.2, -0.15) is 0 Å². The van der Waals surface area contributed by atoms with Crippen LogP contribution in [0.2, 0.25) is 0 Å². The Kier molecular flexibility index (Phi) is 4.26. The van der Waals surface area contributed by atoms with Crippen LogP contribution in [0.3, 0.4) is 0 Å². The first-order valence-corrected chi connectivity index (χ1v) is 6.63. The molecular weight excluding hydrogens is 287 g/mol. The van der Waals surface area contributed by atoms with Gasteiger partial charge in [-0.1, -0.05) is 12.1 Å². The van der Waals surface area contributed by atoms with Crippen molar-refractivity contribution < 1.29 is 23.8 Å². The smallest absolute Gasteiger partial charge is 0.347 e. The molecule has 0 amide bonds.